The lowest BCUT2D eigenvalue weighted by Crippen LogP contribution is -2.44. The summed E-state index contributed by atoms with van der Waals surface area (Å²) in [4.78, 5) is 37.1. The molecule has 1 aliphatic heterocycles. The maximum Gasteiger partial charge on any atom is 0.267 e. The Hall–Kier alpha value is -3.91. The first-order valence-electron chi connectivity index (χ1n) is 11.1. The van der Waals surface area contributed by atoms with Crippen molar-refractivity contribution in [3.05, 3.63) is 94.8 Å². The molecule has 0 aliphatic carbocycles. The Morgan fingerprint density at radius 2 is 1.89 bits per heavy atom. The van der Waals surface area contributed by atoms with E-state index >= 15 is 0 Å². The number of pyridine rings is 1. The van der Waals surface area contributed by atoms with Crippen LogP contribution in [0.25, 0.3) is 0 Å². The molecule has 35 heavy (non-hydrogen) atoms. The molecule has 1 unspecified atom stereocenters. The number of oxime groups is 1. The molecular weight excluding hydrogens is 468 g/mol. The molecule has 0 bridgehead atoms. The first-order valence-corrected chi connectivity index (χ1v) is 11.5. The van der Waals surface area contributed by atoms with Gasteiger partial charge in [-0.15, -0.1) is 0 Å². The molecule has 8 nitrogen and oxygen atoms in total. The van der Waals surface area contributed by atoms with Crippen LogP contribution < -0.4 is 10.1 Å². The number of ether oxygens (including phenoxy) is 1. The Morgan fingerprint density at radius 3 is 2.63 bits per heavy atom. The fourth-order valence-electron chi connectivity index (χ4n) is 3.67. The van der Waals surface area contributed by atoms with E-state index in [9.17, 15) is 9.59 Å². The fourth-order valence-corrected chi connectivity index (χ4v) is 3.90. The highest BCUT2D eigenvalue weighted by atomic mass is 35.5. The van der Waals surface area contributed by atoms with E-state index in [1.54, 1.807) is 37.7 Å². The van der Waals surface area contributed by atoms with E-state index in [1.807, 2.05) is 42.5 Å². The van der Waals surface area contributed by atoms with Crippen LogP contribution in [0.3, 0.4) is 0 Å². The summed E-state index contributed by atoms with van der Waals surface area (Å²) < 4.78 is 5.27. The second-order valence-corrected chi connectivity index (χ2v) is 8.40. The Labute approximate surface area is 208 Å². The summed E-state index contributed by atoms with van der Waals surface area (Å²) >= 11 is 6.34. The molecule has 0 saturated heterocycles. The van der Waals surface area contributed by atoms with Crippen molar-refractivity contribution in [2.24, 2.45) is 5.16 Å². The first-order chi connectivity index (χ1) is 17.0. The minimum atomic E-state index is -0.857. The molecule has 1 aliphatic rings. The molecule has 2 aromatic carbocycles. The van der Waals surface area contributed by atoms with Crippen molar-refractivity contribution >= 4 is 29.1 Å². The number of rotatable bonds is 9. The molecule has 1 aromatic heterocycles. The van der Waals surface area contributed by atoms with E-state index in [-0.39, 0.29) is 31.3 Å². The summed E-state index contributed by atoms with van der Waals surface area (Å²) in [6, 6.07) is 18.3. The summed E-state index contributed by atoms with van der Waals surface area (Å²) in [6.07, 6.45) is 2.70. The Kier molecular flexibility index (Phi) is 7.95. The molecule has 2 heterocycles. The van der Waals surface area contributed by atoms with E-state index in [0.717, 1.165) is 11.1 Å². The minimum absolute atomic E-state index is 0.117. The van der Waals surface area contributed by atoms with Gasteiger partial charge in [-0.1, -0.05) is 47.1 Å². The Balaban J connectivity index is 1.45. The Morgan fingerprint density at radius 1 is 1.11 bits per heavy atom. The number of hydrogen-bond donors (Lipinski definition) is 1. The lowest BCUT2D eigenvalue weighted by molar-refractivity contribution is -0.145. The number of carbonyl (C=O) groups excluding carboxylic acids is 2. The molecule has 0 spiro atoms. The third-order valence-corrected chi connectivity index (χ3v) is 5.86. The van der Waals surface area contributed by atoms with Crippen molar-refractivity contribution in [1.82, 2.24) is 15.2 Å². The van der Waals surface area contributed by atoms with Gasteiger partial charge in [0.05, 0.1) is 17.8 Å². The van der Waals surface area contributed by atoms with Crippen LogP contribution in [0, 0.1) is 0 Å². The summed E-state index contributed by atoms with van der Waals surface area (Å²) in [5.74, 6) is 0.0187. The predicted molar refractivity (Wildman–Crippen MR) is 132 cm³/mol. The maximum atomic E-state index is 13.4. The standard InChI is InChI=1S/C26H25ClN4O4/c1-34-20-7-8-22(27)21(13-20)23-14-24(35-30-23)26(33)31(16-19-5-3-2-4-6-19)17-25(32)29-15-18-9-11-28-12-10-18/h2-13,24H,14-17H2,1H3,(H,29,32). The zero-order valence-electron chi connectivity index (χ0n) is 19.2. The third-order valence-electron chi connectivity index (χ3n) is 5.53. The molecule has 4 rings (SSSR count). The highest BCUT2D eigenvalue weighted by Crippen LogP contribution is 2.27. The van der Waals surface area contributed by atoms with E-state index in [1.165, 1.54) is 4.90 Å². The van der Waals surface area contributed by atoms with E-state index in [2.05, 4.69) is 15.5 Å². The Bertz CT molecular complexity index is 1200. The zero-order chi connectivity index (χ0) is 24.6. The van der Waals surface area contributed by atoms with Crippen LogP contribution in [0.1, 0.15) is 23.1 Å². The van der Waals surface area contributed by atoms with Gasteiger partial charge in [0.15, 0.2) is 0 Å². The van der Waals surface area contributed by atoms with Gasteiger partial charge in [0.1, 0.15) is 12.3 Å². The molecule has 180 valence electrons. The first kappa shape index (κ1) is 24.2. The number of methoxy groups -OCH3 is 1. The number of nitrogens with zero attached hydrogens (tertiary/aromatic N) is 3. The van der Waals surface area contributed by atoms with Crippen LogP contribution in [0.4, 0.5) is 0 Å². The molecular formula is C26H25ClN4O4. The average molecular weight is 493 g/mol. The molecule has 0 fully saturated rings. The lowest BCUT2D eigenvalue weighted by Gasteiger charge is -2.24. The predicted octanol–water partition coefficient (Wildman–Crippen LogP) is 3.58. The summed E-state index contributed by atoms with van der Waals surface area (Å²) in [6.45, 7) is 0.488. The average Bonchev–Trinajstić information content (AvgIpc) is 3.38. The molecule has 1 N–H and O–H groups in total. The largest absolute Gasteiger partial charge is 0.497 e. The van der Waals surface area contributed by atoms with Crippen LogP contribution >= 0.6 is 11.6 Å². The fraction of sp³-hybridized carbons (Fsp3) is 0.231. The second-order valence-electron chi connectivity index (χ2n) is 7.99. The number of hydrogen-bond acceptors (Lipinski definition) is 6. The van der Waals surface area contributed by atoms with Gasteiger partial charge in [0, 0.05) is 37.5 Å². The van der Waals surface area contributed by atoms with Crippen molar-refractivity contribution in [2.75, 3.05) is 13.7 Å². The van der Waals surface area contributed by atoms with Gasteiger partial charge in [-0.25, -0.2) is 0 Å². The highest BCUT2D eigenvalue weighted by Gasteiger charge is 2.34. The minimum Gasteiger partial charge on any atom is -0.497 e. The van der Waals surface area contributed by atoms with Gasteiger partial charge in [-0.2, -0.15) is 0 Å². The van der Waals surface area contributed by atoms with Crippen LogP contribution in [-0.2, 0) is 27.5 Å². The van der Waals surface area contributed by atoms with Crippen molar-refractivity contribution in [3.63, 3.8) is 0 Å². The smallest absolute Gasteiger partial charge is 0.267 e. The van der Waals surface area contributed by atoms with Gasteiger partial charge >= 0.3 is 0 Å². The monoisotopic (exact) mass is 492 g/mol. The van der Waals surface area contributed by atoms with Crippen LogP contribution in [0.2, 0.25) is 5.02 Å². The molecule has 0 saturated carbocycles. The summed E-state index contributed by atoms with van der Waals surface area (Å²) in [5.41, 5.74) is 3.01. The van der Waals surface area contributed by atoms with Crippen LogP contribution in [-0.4, -0.2) is 47.2 Å². The number of benzene rings is 2. The van der Waals surface area contributed by atoms with Crippen LogP contribution in [0.5, 0.6) is 5.75 Å². The maximum absolute atomic E-state index is 13.4. The van der Waals surface area contributed by atoms with Gasteiger partial charge in [0.2, 0.25) is 12.0 Å². The SMILES string of the molecule is COc1ccc(Cl)c(C2=NOC(C(=O)N(CC(=O)NCc3ccncc3)Cc3ccccc3)C2)c1. The van der Waals surface area contributed by atoms with Crippen molar-refractivity contribution in [1.29, 1.82) is 0 Å². The van der Waals surface area contributed by atoms with Crippen LogP contribution in [0.15, 0.2) is 78.2 Å². The number of nitrogens with one attached hydrogen (secondary N) is 1. The van der Waals surface area contributed by atoms with E-state index in [0.29, 0.717) is 28.6 Å². The van der Waals surface area contributed by atoms with Crippen molar-refractivity contribution in [3.8, 4) is 5.75 Å². The lowest BCUT2D eigenvalue weighted by atomic mass is 10.0. The molecule has 3 aromatic rings. The number of halogens is 1. The summed E-state index contributed by atoms with van der Waals surface area (Å²) in [7, 11) is 1.56. The molecule has 0 radical (unpaired) electrons. The summed E-state index contributed by atoms with van der Waals surface area (Å²) in [5, 5.41) is 7.45. The van der Waals surface area contributed by atoms with Crippen molar-refractivity contribution in [2.45, 2.75) is 25.6 Å². The van der Waals surface area contributed by atoms with E-state index < -0.39 is 6.10 Å². The quantitative estimate of drug-likeness (QED) is 0.493. The third kappa shape index (κ3) is 6.36. The topological polar surface area (TPSA) is 93.1 Å². The highest BCUT2D eigenvalue weighted by molar-refractivity contribution is 6.34. The van der Waals surface area contributed by atoms with Gasteiger partial charge in [-0.3, -0.25) is 14.6 Å². The van der Waals surface area contributed by atoms with Gasteiger partial charge in [0.25, 0.3) is 5.91 Å². The number of aromatic nitrogens is 1. The number of carbonyl (C=O) groups is 2. The second kappa shape index (κ2) is 11.5. The zero-order valence-corrected chi connectivity index (χ0v) is 19.9. The van der Waals surface area contributed by atoms with Gasteiger partial charge < -0.3 is 19.8 Å². The number of amides is 2. The molecule has 9 heteroatoms. The molecule has 1 atom stereocenters. The van der Waals surface area contributed by atoms with Gasteiger partial charge in [-0.05, 0) is 41.5 Å². The van der Waals surface area contributed by atoms with Crippen molar-refractivity contribution < 1.29 is 19.2 Å². The van der Waals surface area contributed by atoms with E-state index in [4.69, 9.17) is 21.2 Å². The molecule has 2 amide bonds. The normalized spacial score (nSPS) is 14.6.